The first-order valence-electron chi connectivity index (χ1n) is 23.9. The third-order valence-corrected chi connectivity index (χ3v) is 12.1. The predicted octanol–water partition coefficient (Wildman–Crippen LogP) is 13.7. The van der Waals surface area contributed by atoms with Crippen LogP contribution < -0.4 is 0 Å². The largest absolute Gasteiger partial charge is 0.465 e. The lowest BCUT2D eigenvalue weighted by Gasteiger charge is -2.25. The van der Waals surface area contributed by atoms with Gasteiger partial charge in [0.2, 0.25) is 0 Å². The number of aliphatic hydroxyl groups excluding tert-OH is 1. The summed E-state index contributed by atoms with van der Waals surface area (Å²) < 4.78 is 11.8. The summed E-state index contributed by atoms with van der Waals surface area (Å²) in [5.41, 5.74) is 0.448. The molecule has 1 N–H and O–H groups in total. The van der Waals surface area contributed by atoms with E-state index in [2.05, 4.69) is 39.5 Å². The number of ether oxygens (including phenoxy) is 2. The zero-order chi connectivity index (χ0) is 39.6. The van der Waals surface area contributed by atoms with Crippen molar-refractivity contribution in [1.82, 2.24) is 4.90 Å². The molecule has 1 aliphatic rings. The molecular formula is C48H93NO5. The molecule has 0 unspecified atom stereocenters. The summed E-state index contributed by atoms with van der Waals surface area (Å²) >= 11 is 0. The van der Waals surface area contributed by atoms with Gasteiger partial charge in [0.05, 0.1) is 13.2 Å². The number of rotatable bonds is 41. The Morgan fingerprint density at radius 2 is 1.07 bits per heavy atom. The second-order valence-electron chi connectivity index (χ2n) is 18.3. The molecule has 0 aromatic carbocycles. The highest BCUT2D eigenvalue weighted by atomic mass is 16.5. The van der Waals surface area contributed by atoms with Gasteiger partial charge in [0.1, 0.15) is 6.10 Å². The van der Waals surface area contributed by atoms with Gasteiger partial charge in [0, 0.05) is 19.4 Å². The third-order valence-electron chi connectivity index (χ3n) is 12.1. The normalized spacial score (nSPS) is 13.9. The number of carbonyl (C=O) groups is 2. The van der Waals surface area contributed by atoms with Crippen LogP contribution in [0.1, 0.15) is 247 Å². The molecule has 0 atom stereocenters. The van der Waals surface area contributed by atoms with Crippen LogP contribution in [-0.4, -0.2) is 60.9 Å². The van der Waals surface area contributed by atoms with Crippen molar-refractivity contribution in [3.8, 4) is 0 Å². The van der Waals surface area contributed by atoms with Crippen LogP contribution in [-0.2, 0) is 19.1 Å². The van der Waals surface area contributed by atoms with Crippen molar-refractivity contribution in [1.29, 1.82) is 0 Å². The van der Waals surface area contributed by atoms with E-state index in [1.165, 1.54) is 135 Å². The maximum atomic E-state index is 12.9. The molecule has 0 radical (unpaired) electrons. The van der Waals surface area contributed by atoms with Crippen molar-refractivity contribution in [2.24, 2.45) is 10.8 Å². The number of aliphatic hydroxyl groups is 1. The molecule has 6 nitrogen and oxygen atoms in total. The fourth-order valence-corrected chi connectivity index (χ4v) is 8.14. The number of esters is 2. The fourth-order valence-electron chi connectivity index (χ4n) is 8.14. The fraction of sp³-hybridized carbons (Fsp3) is 0.958. The average Bonchev–Trinajstić information content (AvgIpc) is 3.92. The van der Waals surface area contributed by atoms with Gasteiger partial charge in [-0.1, -0.05) is 150 Å². The Bertz CT molecular complexity index is 855. The summed E-state index contributed by atoms with van der Waals surface area (Å²) in [6.07, 6.45) is 38.8. The Morgan fingerprint density at radius 3 is 1.63 bits per heavy atom. The minimum Gasteiger partial charge on any atom is -0.465 e. The van der Waals surface area contributed by atoms with Crippen molar-refractivity contribution >= 4 is 11.9 Å². The monoisotopic (exact) mass is 764 g/mol. The summed E-state index contributed by atoms with van der Waals surface area (Å²) in [6, 6.07) is 0. The van der Waals surface area contributed by atoms with E-state index < -0.39 is 0 Å². The van der Waals surface area contributed by atoms with E-state index in [0.29, 0.717) is 24.9 Å². The average molecular weight is 764 g/mol. The number of hydrogen-bond acceptors (Lipinski definition) is 6. The highest BCUT2D eigenvalue weighted by molar-refractivity contribution is 5.69. The molecule has 0 aliphatic heterocycles. The summed E-state index contributed by atoms with van der Waals surface area (Å²) in [6.45, 7) is 14.8. The SMILES string of the molecule is CCCCCCCCCC(=O)OCC(C)(C)CCCCCN(CCO)CCCC1(CCCC(=O)OC(CCCCCCCC)CCCCCCCC)CC1. The lowest BCUT2D eigenvalue weighted by Crippen LogP contribution is -2.29. The molecule has 1 saturated carbocycles. The Labute approximate surface area is 336 Å². The standard InChI is InChI=1S/C48H93NO5/c1-6-9-12-15-18-21-25-32-45(51)53-43-47(4,5)34-26-22-27-39-49(41-42-50)40-29-36-48(37-38-48)35-28-33-46(52)54-44(30-23-19-16-13-10-7-2)31-24-20-17-14-11-8-3/h44,50H,6-43H2,1-5H3. The summed E-state index contributed by atoms with van der Waals surface area (Å²) in [7, 11) is 0. The molecule has 0 spiro atoms. The number of hydrogen-bond donors (Lipinski definition) is 1. The molecule has 54 heavy (non-hydrogen) atoms. The molecule has 6 heteroatoms. The highest BCUT2D eigenvalue weighted by Gasteiger charge is 2.41. The van der Waals surface area contributed by atoms with Gasteiger partial charge >= 0.3 is 11.9 Å². The van der Waals surface area contributed by atoms with Gasteiger partial charge in [0.25, 0.3) is 0 Å². The van der Waals surface area contributed by atoms with Crippen LogP contribution >= 0.6 is 0 Å². The molecule has 0 aromatic rings. The van der Waals surface area contributed by atoms with E-state index in [-0.39, 0.29) is 30.1 Å². The van der Waals surface area contributed by atoms with Gasteiger partial charge in [-0.05, 0) is 107 Å². The molecule has 0 amide bonds. The van der Waals surface area contributed by atoms with E-state index in [1.807, 2.05) is 0 Å². The molecule has 1 aliphatic carbocycles. The van der Waals surface area contributed by atoms with Gasteiger partial charge < -0.3 is 19.5 Å². The van der Waals surface area contributed by atoms with Gasteiger partial charge in [-0.15, -0.1) is 0 Å². The first-order chi connectivity index (χ1) is 26.2. The van der Waals surface area contributed by atoms with Crippen molar-refractivity contribution in [3.63, 3.8) is 0 Å². The zero-order valence-corrected chi connectivity index (χ0v) is 37.0. The zero-order valence-electron chi connectivity index (χ0n) is 37.0. The Hall–Kier alpha value is -1.14. The minimum absolute atomic E-state index is 0.0126. The molecule has 1 fully saturated rings. The van der Waals surface area contributed by atoms with Crippen molar-refractivity contribution in [2.45, 2.75) is 253 Å². The lowest BCUT2D eigenvalue weighted by molar-refractivity contribution is -0.150. The highest BCUT2D eigenvalue weighted by Crippen LogP contribution is 2.53. The van der Waals surface area contributed by atoms with E-state index >= 15 is 0 Å². The maximum absolute atomic E-state index is 12.9. The van der Waals surface area contributed by atoms with Crippen LogP contribution in [0.4, 0.5) is 0 Å². The topological polar surface area (TPSA) is 76.1 Å². The minimum atomic E-state index is -0.0342. The molecule has 0 heterocycles. The van der Waals surface area contributed by atoms with E-state index in [9.17, 15) is 14.7 Å². The summed E-state index contributed by atoms with van der Waals surface area (Å²) in [5, 5.41) is 9.72. The Kier molecular flexibility index (Phi) is 32.0. The maximum Gasteiger partial charge on any atom is 0.306 e. The first kappa shape index (κ1) is 50.9. The quantitative estimate of drug-likeness (QED) is 0.0494. The van der Waals surface area contributed by atoms with Crippen molar-refractivity contribution < 1.29 is 24.2 Å². The van der Waals surface area contributed by atoms with Crippen molar-refractivity contribution in [3.05, 3.63) is 0 Å². The van der Waals surface area contributed by atoms with E-state index in [1.54, 1.807) is 0 Å². The number of unbranched alkanes of at least 4 members (excludes halogenated alkanes) is 18. The van der Waals surface area contributed by atoms with Gasteiger partial charge in [-0.2, -0.15) is 0 Å². The molecule has 0 aromatic heterocycles. The number of carbonyl (C=O) groups excluding carboxylic acids is 2. The smallest absolute Gasteiger partial charge is 0.306 e. The Morgan fingerprint density at radius 1 is 0.593 bits per heavy atom. The predicted molar refractivity (Wildman–Crippen MR) is 230 cm³/mol. The summed E-state index contributed by atoms with van der Waals surface area (Å²) in [4.78, 5) is 27.6. The van der Waals surface area contributed by atoms with Crippen LogP contribution in [0.25, 0.3) is 0 Å². The van der Waals surface area contributed by atoms with Crippen LogP contribution in [0.3, 0.4) is 0 Å². The van der Waals surface area contributed by atoms with Crippen LogP contribution in [0, 0.1) is 10.8 Å². The molecule has 0 saturated heterocycles. The molecule has 1 rings (SSSR count). The van der Waals surface area contributed by atoms with E-state index in [0.717, 1.165) is 83.8 Å². The molecular weight excluding hydrogens is 671 g/mol. The Balaban J connectivity index is 2.27. The second-order valence-corrected chi connectivity index (χ2v) is 18.3. The third kappa shape index (κ3) is 30.1. The van der Waals surface area contributed by atoms with Gasteiger partial charge in [0.15, 0.2) is 0 Å². The van der Waals surface area contributed by atoms with Crippen LogP contribution in [0.2, 0.25) is 0 Å². The van der Waals surface area contributed by atoms with Gasteiger partial charge in [-0.25, -0.2) is 0 Å². The van der Waals surface area contributed by atoms with E-state index in [4.69, 9.17) is 9.47 Å². The lowest BCUT2D eigenvalue weighted by atomic mass is 9.88. The van der Waals surface area contributed by atoms with Crippen molar-refractivity contribution in [2.75, 3.05) is 32.8 Å². The second kappa shape index (κ2) is 33.9. The number of nitrogens with zero attached hydrogens (tertiary/aromatic N) is 1. The molecule has 320 valence electrons. The van der Waals surface area contributed by atoms with Crippen LogP contribution in [0.5, 0.6) is 0 Å². The van der Waals surface area contributed by atoms with Gasteiger partial charge in [-0.3, -0.25) is 9.59 Å². The molecule has 0 bridgehead atoms. The van der Waals surface area contributed by atoms with Crippen LogP contribution in [0.15, 0.2) is 0 Å². The summed E-state index contributed by atoms with van der Waals surface area (Å²) in [5.74, 6) is -0.00170. The first-order valence-corrected chi connectivity index (χ1v) is 23.9.